The molecule has 2 N–H and O–H groups in total. The number of piperidine rings is 1. The number of nitrogens with one attached hydrogen (secondary N) is 2. The summed E-state index contributed by atoms with van der Waals surface area (Å²) in [6.45, 7) is 2.18. The van der Waals surface area contributed by atoms with Gasteiger partial charge in [-0.15, -0.1) is 12.4 Å². The van der Waals surface area contributed by atoms with Crippen LogP contribution in [0.4, 0.5) is 0 Å². The molecule has 19 heavy (non-hydrogen) atoms. The predicted molar refractivity (Wildman–Crippen MR) is 79.6 cm³/mol. The molecule has 110 valence electrons. The fourth-order valence-corrected chi connectivity index (χ4v) is 4.31. The van der Waals surface area contributed by atoms with Crippen LogP contribution < -0.4 is 10.6 Å². The molecule has 1 saturated carbocycles. The molecule has 3 nitrogen and oxygen atoms in total. The first-order chi connectivity index (χ1) is 8.72. The van der Waals surface area contributed by atoms with Gasteiger partial charge in [-0.2, -0.15) is 0 Å². The number of fused-ring (bicyclic) bond motifs is 2. The van der Waals surface area contributed by atoms with Crippen molar-refractivity contribution in [3.8, 4) is 0 Å². The molecule has 1 aliphatic carbocycles. The zero-order valence-electron chi connectivity index (χ0n) is 11.9. The van der Waals surface area contributed by atoms with E-state index >= 15 is 0 Å². The number of hydrogen-bond donors (Lipinski definition) is 2. The molecule has 0 spiro atoms. The maximum absolute atomic E-state index is 12.6. The van der Waals surface area contributed by atoms with E-state index in [1.807, 2.05) is 0 Å². The lowest BCUT2D eigenvalue weighted by Gasteiger charge is -2.33. The second-order valence-corrected chi connectivity index (χ2v) is 6.62. The highest BCUT2D eigenvalue weighted by molar-refractivity contribution is 5.85. The molecule has 4 heteroatoms. The van der Waals surface area contributed by atoms with Crippen LogP contribution in [0.3, 0.4) is 0 Å². The topological polar surface area (TPSA) is 41.1 Å². The van der Waals surface area contributed by atoms with Crippen molar-refractivity contribution in [1.29, 1.82) is 0 Å². The highest BCUT2D eigenvalue weighted by Gasteiger charge is 2.41. The minimum absolute atomic E-state index is 0. The zero-order chi connectivity index (χ0) is 12.6. The molecule has 0 aromatic rings. The Bertz CT molecular complexity index is 316. The molecule has 2 heterocycles. The van der Waals surface area contributed by atoms with Crippen molar-refractivity contribution in [2.45, 2.75) is 82.8 Å². The molecule has 2 bridgehead atoms. The molecule has 0 radical (unpaired) electrons. The first kappa shape index (κ1) is 15.1. The highest BCUT2D eigenvalue weighted by atomic mass is 35.5. The summed E-state index contributed by atoms with van der Waals surface area (Å²) >= 11 is 0. The number of carbonyl (C=O) groups excluding carboxylic acids is 1. The van der Waals surface area contributed by atoms with Crippen LogP contribution in [0.1, 0.15) is 64.7 Å². The van der Waals surface area contributed by atoms with E-state index in [-0.39, 0.29) is 17.8 Å². The van der Waals surface area contributed by atoms with Gasteiger partial charge in [-0.25, -0.2) is 0 Å². The van der Waals surface area contributed by atoms with Gasteiger partial charge in [-0.05, 0) is 44.9 Å². The van der Waals surface area contributed by atoms with Gasteiger partial charge in [0.25, 0.3) is 0 Å². The van der Waals surface area contributed by atoms with Crippen molar-refractivity contribution in [2.24, 2.45) is 5.41 Å². The van der Waals surface area contributed by atoms with Gasteiger partial charge in [-0.3, -0.25) is 4.79 Å². The Morgan fingerprint density at radius 2 is 1.79 bits per heavy atom. The van der Waals surface area contributed by atoms with Crippen LogP contribution >= 0.6 is 12.4 Å². The predicted octanol–water partition coefficient (Wildman–Crippen LogP) is 2.78. The van der Waals surface area contributed by atoms with Crippen LogP contribution in [0.15, 0.2) is 0 Å². The molecular formula is C15H27ClN2O. The van der Waals surface area contributed by atoms with Crippen molar-refractivity contribution in [3.05, 3.63) is 0 Å². The lowest BCUT2D eigenvalue weighted by molar-refractivity contribution is -0.132. The van der Waals surface area contributed by atoms with E-state index in [4.69, 9.17) is 0 Å². The van der Waals surface area contributed by atoms with Gasteiger partial charge in [0.05, 0.1) is 0 Å². The van der Waals surface area contributed by atoms with E-state index in [0.717, 1.165) is 32.1 Å². The highest BCUT2D eigenvalue weighted by Crippen LogP contribution is 2.41. The first-order valence-corrected chi connectivity index (χ1v) is 7.79. The summed E-state index contributed by atoms with van der Waals surface area (Å²) in [5.41, 5.74) is -0.0239. The fourth-order valence-electron chi connectivity index (χ4n) is 4.31. The second kappa shape index (κ2) is 6.01. The molecule has 2 atom stereocenters. The Labute approximate surface area is 122 Å². The van der Waals surface area contributed by atoms with E-state index in [1.54, 1.807) is 0 Å². The van der Waals surface area contributed by atoms with Crippen molar-refractivity contribution in [2.75, 3.05) is 0 Å². The summed E-state index contributed by atoms with van der Waals surface area (Å²) in [5, 5.41) is 7.01. The number of halogens is 1. The summed E-state index contributed by atoms with van der Waals surface area (Å²) in [4.78, 5) is 12.6. The van der Waals surface area contributed by atoms with Crippen LogP contribution in [0.5, 0.6) is 0 Å². The standard InChI is InChI=1S/C15H26N2O.ClH/c1-2-15(7-3-4-8-15)14(18)17-13-9-11-5-6-12(10-13)16-11;/h11-13,16H,2-10H2,1H3,(H,17,18);1H. The number of hydrogen-bond acceptors (Lipinski definition) is 2. The maximum Gasteiger partial charge on any atom is 0.226 e. The molecule has 2 aliphatic heterocycles. The van der Waals surface area contributed by atoms with Crippen molar-refractivity contribution in [3.63, 3.8) is 0 Å². The first-order valence-electron chi connectivity index (χ1n) is 7.79. The average molecular weight is 287 g/mol. The molecule has 3 aliphatic rings. The van der Waals surface area contributed by atoms with Gasteiger partial charge in [0.2, 0.25) is 5.91 Å². The smallest absolute Gasteiger partial charge is 0.226 e. The van der Waals surface area contributed by atoms with Gasteiger partial charge in [0.1, 0.15) is 0 Å². The molecular weight excluding hydrogens is 260 g/mol. The Hall–Kier alpha value is -0.280. The minimum atomic E-state index is -0.0239. The Kier molecular flexibility index (Phi) is 4.78. The third-order valence-electron chi connectivity index (χ3n) is 5.53. The molecule has 0 aromatic carbocycles. The number of carbonyl (C=O) groups is 1. The minimum Gasteiger partial charge on any atom is -0.353 e. The van der Waals surface area contributed by atoms with Crippen LogP contribution in [0.2, 0.25) is 0 Å². The summed E-state index contributed by atoms with van der Waals surface area (Å²) in [6, 6.07) is 1.76. The Morgan fingerprint density at radius 1 is 1.21 bits per heavy atom. The van der Waals surface area contributed by atoms with E-state index in [1.165, 1.54) is 25.7 Å². The third kappa shape index (κ3) is 2.92. The van der Waals surface area contributed by atoms with E-state index in [9.17, 15) is 4.79 Å². The Balaban J connectivity index is 0.00000133. The lowest BCUT2D eigenvalue weighted by Crippen LogP contribution is -2.51. The van der Waals surface area contributed by atoms with Crippen molar-refractivity contribution >= 4 is 18.3 Å². The maximum atomic E-state index is 12.6. The van der Waals surface area contributed by atoms with Gasteiger partial charge in [0.15, 0.2) is 0 Å². The van der Waals surface area contributed by atoms with Gasteiger partial charge < -0.3 is 10.6 Å². The van der Waals surface area contributed by atoms with Gasteiger partial charge >= 0.3 is 0 Å². The van der Waals surface area contributed by atoms with E-state index in [2.05, 4.69) is 17.6 Å². The monoisotopic (exact) mass is 286 g/mol. The van der Waals surface area contributed by atoms with Crippen LogP contribution in [-0.2, 0) is 4.79 Å². The molecule has 1 amide bonds. The fraction of sp³-hybridized carbons (Fsp3) is 0.933. The SMILES string of the molecule is CCC1(C(=O)NC2CC3CCC(C2)N3)CCCC1.Cl. The average Bonchev–Trinajstić information content (AvgIpc) is 2.97. The van der Waals surface area contributed by atoms with Gasteiger partial charge in [0, 0.05) is 23.5 Å². The number of amides is 1. The largest absolute Gasteiger partial charge is 0.353 e. The van der Waals surface area contributed by atoms with Gasteiger partial charge in [-0.1, -0.05) is 19.8 Å². The third-order valence-corrected chi connectivity index (χ3v) is 5.53. The summed E-state index contributed by atoms with van der Waals surface area (Å²) in [7, 11) is 0. The molecule has 3 fully saturated rings. The molecule has 2 saturated heterocycles. The lowest BCUT2D eigenvalue weighted by atomic mass is 9.82. The molecule has 3 rings (SSSR count). The van der Waals surface area contributed by atoms with Crippen LogP contribution in [-0.4, -0.2) is 24.0 Å². The van der Waals surface area contributed by atoms with Crippen molar-refractivity contribution < 1.29 is 4.79 Å². The number of rotatable bonds is 3. The normalized spacial score (nSPS) is 35.7. The van der Waals surface area contributed by atoms with Crippen molar-refractivity contribution in [1.82, 2.24) is 10.6 Å². The van der Waals surface area contributed by atoms with E-state index < -0.39 is 0 Å². The molecule has 2 unspecified atom stereocenters. The second-order valence-electron chi connectivity index (χ2n) is 6.62. The summed E-state index contributed by atoms with van der Waals surface area (Å²) in [6.07, 6.45) is 10.6. The van der Waals surface area contributed by atoms with Crippen LogP contribution in [0.25, 0.3) is 0 Å². The summed E-state index contributed by atoms with van der Waals surface area (Å²) in [5.74, 6) is 0.355. The van der Waals surface area contributed by atoms with Crippen LogP contribution in [0, 0.1) is 5.41 Å². The molecule has 0 aromatic heterocycles. The summed E-state index contributed by atoms with van der Waals surface area (Å²) < 4.78 is 0. The Morgan fingerprint density at radius 3 is 2.32 bits per heavy atom. The quantitative estimate of drug-likeness (QED) is 0.838. The van der Waals surface area contributed by atoms with E-state index in [0.29, 0.717) is 24.0 Å². The zero-order valence-corrected chi connectivity index (χ0v) is 12.7.